The van der Waals surface area contributed by atoms with Crippen molar-refractivity contribution in [2.24, 2.45) is 5.73 Å². The van der Waals surface area contributed by atoms with Gasteiger partial charge >= 0.3 is 0 Å². The van der Waals surface area contributed by atoms with Gasteiger partial charge in [-0.2, -0.15) is 5.10 Å². The van der Waals surface area contributed by atoms with E-state index < -0.39 is 0 Å². The van der Waals surface area contributed by atoms with Crippen LogP contribution in [0, 0.1) is 0 Å². The van der Waals surface area contributed by atoms with Crippen LogP contribution in [0.1, 0.15) is 31.7 Å². The molecular formula is C11H19N3O. The molecule has 1 fully saturated rings. The first-order chi connectivity index (χ1) is 7.24. The molecule has 1 aromatic heterocycles. The van der Waals surface area contributed by atoms with Crippen LogP contribution in [0.2, 0.25) is 0 Å². The van der Waals surface area contributed by atoms with E-state index in [1.807, 2.05) is 10.9 Å². The Morgan fingerprint density at radius 2 is 2.40 bits per heavy atom. The van der Waals surface area contributed by atoms with Crippen molar-refractivity contribution >= 4 is 0 Å². The van der Waals surface area contributed by atoms with Gasteiger partial charge in [0.25, 0.3) is 0 Å². The van der Waals surface area contributed by atoms with Crippen molar-refractivity contribution in [3.05, 3.63) is 18.0 Å². The van der Waals surface area contributed by atoms with Crippen molar-refractivity contribution in [1.29, 1.82) is 0 Å². The second-order valence-electron chi connectivity index (χ2n) is 4.21. The van der Waals surface area contributed by atoms with Gasteiger partial charge in [0.2, 0.25) is 0 Å². The van der Waals surface area contributed by atoms with Crippen molar-refractivity contribution in [3.63, 3.8) is 0 Å². The molecule has 1 aliphatic heterocycles. The van der Waals surface area contributed by atoms with Gasteiger partial charge in [0.05, 0.1) is 6.20 Å². The van der Waals surface area contributed by atoms with Crippen LogP contribution in [0.4, 0.5) is 0 Å². The Kier molecular flexibility index (Phi) is 3.07. The minimum atomic E-state index is -0.232. The monoisotopic (exact) mass is 209 g/mol. The van der Waals surface area contributed by atoms with Crippen molar-refractivity contribution in [2.45, 2.75) is 38.3 Å². The molecule has 1 aliphatic rings. The standard InChI is InChI=1S/C11H19N3O/c1-2-14-9-10(8-13-14)11(12)4-3-6-15-7-5-11/h8-9H,2-7,12H2,1H3. The molecule has 1 unspecified atom stereocenters. The maximum atomic E-state index is 6.42. The Morgan fingerprint density at radius 3 is 3.13 bits per heavy atom. The van der Waals surface area contributed by atoms with Crippen LogP contribution < -0.4 is 5.73 Å². The zero-order valence-electron chi connectivity index (χ0n) is 9.28. The first-order valence-electron chi connectivity index (χ1n) is 5.64. The minimum absolute atomic E-state index is 0.232. The fraction of sp³-hybridized carbons (Fsp3) is 0.727. The van der Waals surface area contributed by atoms with Gasteiger partial charge in [-0.3, -0.25) is 4.68 Å². The van der Waals surface area contributed by atoms with Crippen LogP contribution in [-0.2, 0) is 16.8 Å². The van der Waals surface area contributed by atoms with E-state index in [0.29, 0.717) is 0 Å². The quantitative estimate of drug-likeness (QED) is 0.797. The van der Waals surface area contributed by atoms with E-state index in [1.165, 1.54) is 0 Å². The Labute approximate surface area is 90.4 Å². The third-order valence-electron chi connectivity index (χ3n) is 3.14. The molecule has 4 heteroatoms. The Balaban J connectivity index is 2.18. The number of aryl methyl sites for hydroxylation is 1. The Bertz CT molecular complexity index is 313. The highest BCUT2D eigenvalue weighted by molar-refractivity contribution is 5.17. The number of nitrogens with zero attached hydrogens (tertiary/aromatic N) is 2. The molecule has 15 heavy (non-hydrogen) atoms. The largest absolute Gasteiger partial charge is 0.381 e. The zero-order chi connectivity index (χ0) is 10.7. The van der Waals surface area contributed by atoms with Crippen molar-refractivity contribution in [3.8, 4) is 0 Å². The van der Waals surface area contributed by atoms with E-state index in [-0.39, 0.29) is 5.54 Å². The molecule has 1 atom stereocenters. The molecule has 0 saturated carbocycles. The minimum Gasteiger partial charge on any atom is -0.381 e. The van der Waals surface area contributed by atoms with Crippen LogP contribution in [0.25, 0.3) is 0 Å². The first-order valence-corrected chi connectivity index (χ1v) is 5.64. The molecule has 2 rings (SSSR count). The van der Waals surface area contributed by atoms with Gasteiger partial charge in [0.15, 0.2) is 0 Å². The lowest BCUT2D eigenvalue weighted by molar-refractivity contribution is 0.139. The lowest BCUT2D eigenvalue weighted by Crippen LogP contribution is -2.36. The highest BCUT2D eigenvalue weighted by Crippen LogP contribution is 2.29. The maximum absolute atomic E-state index is 6.42. The van der Waals surface area contributed by atoms with Gasteiger partial charge in [-0.25, -0.2) is 0 Å². The topological polar surface area (TPSA) is 53.1 Å². The summed E-state index contributed by atoms with van der Waals surface area (Å²) in [6, 6.07) is 0. The van der Waals surface area contributed by atoms with Gasteiger partial charge in [-0.15, -0.1) is 0 Å². The summed E-state index contributed by atoms with van der Waals surface area (Å²) in [5.74, 6) is 0. The molecule has 0 aromatic carbocycles. The van der Waals surface area contributed by atoms with E-state index in [1.54, 1.807) is 0 Å². The summed E-state index contributed by atoms with van der Waals surface area (Å²) < 4.78 is 7.36. The lowest BCUT2D eigenvalue weighted by Gasteiger charge is -2.25. The second-order valence-corrected chi connectivity index (χ2v) is 4.21. The van der Waals surface area contributed by atoms with E-state index >= 15 is 0 Å². The molecular weight excluding hydrogens is 190 g/mol. The normalized spacial score (nSPS) is 27.6. The second kappa shape index (κ2) is 4.33. The molecule has 0 bridgehead atoms. The Morgan fingerprint density at radius 1 is 1.53 bits per heavy atom. The van der Waals surface area contributed by atoms with Crippen LogP contribution in [0.3, 0.4) is 0 Å². The summed E-state index contributed by atoms with van der Waals surface area (Å²) >= 11 is 0. The molecule has 0 radical (unpaired) electrons. The van der Waals surface area contributed by atoms with Gasteiger partial charge in [0.1, 0.15) is 0 Å². The third-order valence-corrected chi connectivity index (χ3v) is 3.14. The molecule has 1 aromatic rings. The number of rotatable bonds is 2. The van der Waals surface area contributed by atoms with E-state index in [9.17, 15) is 0 Å². The number of hydrogen-bond donors (Lipinski definition) is 1. The maximum Gasteiger partial charge on any atom is 0.0540 e. The molecule has 84 valence electrons. The highest BCUT2D eigenvalue weighted by atomic mass is 16.5. The summed E-state index contributed by atoms with van der Waals surface area (Å²) in [6.07, 6.45) is 6.87. The van der Waals surface area contributed by atoms with Gasteiger partial charge in [-0.05, 0) is 26.2 Å². The predicted molar refractivity (Wildman–Crippen MR) is 58.4 cm³/mol. The molecule has 0 spiro atoms. The molecule has 1 saturated heterocycles. The molecule has 0 amide bonds. The van der Waals surface area contributed by atoms with E-state index in [2.05, 4.69) is 18.2 Å². The van der Waals surface area contributed by atoms with Gasteiger partial charge in [0, 0.05) is 37.1 Å². The predicted octanol–water partition coefficient (Wildman–Crippen LogP) is 1.26. The van der Waals surface area contributed by atoms with Crippen molar-refractivity contribution in [1.82, 2.24) is 9.78 Å². The average molecular weight is 209 g/mol. The summed E-state index contributed by atoms with van der Waals surface area (Å²) in [7, 11) is 0. The summed E-state index contributed by atoms with van der Waals surface area (Å²) in [5.41, 5.74) is 7.33. The summed E-state index contributed by atoms with van der Waals surface area (Å²) in [5, 5.41) is 4.28. The highest BCUT2D eigenvalue weighted by Gasteiger charge is 2.29. The fourth-order valence-electron chi connectivity index (χ4n) is 2.05. The number of aromatic nitrogens is 2. The van der Waals surface area contributed by atoms with Gasteiger partial charge < -0.3 is 10.5 Å². The van der Waals surface area contributed by atoms with E-state index in [0.717, 1.165) is 44.6 Å². The molecule has 0 aliphatic carbocycles. The average Bonchev–Trinajstić information content (AvgIpc) is 2.63. The molecule has 4 nitrogen and oxygen atoms in total. The zero-order valence-corrected chi connectivity index (χ0v) is 9.28. The van der Waals surface area contributed by atoms with Crippen LogP contribution >= 0.6 is 0 Å². The Hall–Kier alpha value is -0.870. The smallest absolute Gasteiger partial charge is 0.0540 e. The SMILES string of the molecule is CCn1cc(C2(N)CCCOCC2)cn1. The summed E-state index contributed by atoms with van der Waals surface area (Å²) in [4.78, 5) is 0. The van der Waals surface area contributed by atoms with Crippen LogP contribution in [-0.4, -0.2) is 23.0 Å². The lowest BCUT2D eigenvalue weighted by atomic mass is 9.86. The van der Waals surface area contributed by atoms with Gasteiger partial charge in [-0.1, -0.05) is 0 Å². The van der Waals surface area contributed by atoms with Crippen LogP contribution in [0.5, 0.6) is 0 Å². The molecule has 2 N–H and O–H groups in total. The van der Waals surface area contributed by atoms with E-state index in [4.69, 9.17) is 10.5 Å². The first kappa shape index (κ1) is 10.6. The fourth-order valence-corrected chi connectivity index (χ4v) is 2.05. The van der Waals surface area contributed by atoms with Crippen LogP contribution in [0.15, 0.2) is 12.4 Å². The molecule has 2 heterocycles. The van der Waals surface area contributed by atoms with Crippen molar-refractivity contribution < 1.29 is 4.74 Å². The summed E-state index contributed by atoms with van der Waals surface area (Å²) in [6.45, 7) is 4.57. The number of ether oxygens (including phenoxy) is 1. The number of hydrogen-bond acceptors (Lipinski definition) is 3. The van der Waals surface area contributed by atoms with Crippen molar-refractivity contribution in [2.75, 3.05) is 13.2 Å². The third kappa shape index (κ3) is 2.21. The number of nitrogens with two attached hydrogens (primary N) is 1.